The molecule has 0 fully saturated rings. The van der Waals surface area contributed by atoms with Crippen molar-refractivity contribution in [2.75, 3.05) is 25.3 Å². The number of methoxy groups -OCH3 is 1. The van der Waals surface area contributed by atoms with Crippen LogP contribution in [0, 0.1) is 0 Å². The average molecular weight is 207 g/mol. The van der Waals surface area contributed by atoms with E-state index in [0.29, 0.717) is 0 Å². The number of benzene rings is 1. The predicted octanol–water partition coefficient (Wildman–Crippen LogP) is 1.15. The first kappa shape index (κ1) is 9.98. The molecule has 0 atom stereocenters. The molecule has 0 aliphatic carbocycles. The summed E-state index contributed by atoms with van der Waals surface area (Å²) in [6, 6.07) is 7.91. The van der Waals surface area contributed by atoms with E-state index in [4.69, 9.17) is 9.57 Å². The van der Waals surface area contributed by atoms with Gasteiger partial charge in [-0.15, -0.1) is 0 Å². The molecule has 1 heterocycles. The summed E-state index contributed by atoms with van der Waals surface area (Å²) in [5.74, 6) is -0.366. The molecule has 0 radical (unpaired) electrons. The fourth-order valence-electron chi connectivity index (χ4n) is 1.67. The number of hydroxylamine groups is 1. The Bertz CT molecular complexity index is 365. The smallest absolute Gasteiger partial charge is 0.357 e. The van der Waals surface area contributed by atoms with Crippen molar-refractivity contribution in [3.05, 3.63) is 29.8 Å². The van der Waals surface area contributed by atoms with Gasteiger partial charge in [0.2, 0.25) is 0 Å². The number of para-hydroxylation sites is 1. The Labute approximate surface area is 88.4 Å². The van der Waals surface area contributed by atoms with Gasteiger partial charge in [-0.25, -0.2) is 9.86 Å². The van der Waals surface area contributed by atoms with Gasteiger partial charge in [0.05, 0.1) is 12.2 Å². The molecule has 0 amide bonds. The molecule has 2 rings (SSSR count). The van der Waals surface area contributed by atoms with Crippen molar-refractivity contribution < 1.29 is 14.4 Å². The molecule has 1 aliphatic heterocycles. The van der Waals surface area contributed by atoms with Gasteiger partial charge in [0.1, 0.15) is 6.61 Å². The minimum absolute atomic E-state index is 0.0152. The molecule has 4 heteroatoms. The minimum atomic E-state index is -0.366. The van der Waals surface area contributed by atoms with Gasteiger partial charge in [-0.1, -0.05) is 18.2 Å². The van der Waals surface area contributed by atoms with E-state index in [0.717, 1.165) is 18.7 Å². The highest BCUT2D eigenvalue weighted by Crippen LogP contribution is 2.27. The number of hydrogen-bond acceptors (Lipinski definition) is 4. The van der Waals surface area contributed by atoms with Crippen LogP contribution in [0.25, 0.3) is 0 Å². The normalized spacial score (nSPS) is 13.8. The lowest BCUT2D eigenvalue weighted by atomic mass is 10.2. The van der Waals surface area contributed by atoms with Crippen LogP contribution in [0.15, 0.2) is 24.3 Å². The summed E-state index contributed by atoms with van der Waals surface area (Å²) >= 11 is 0. The summed E-state index contributed by atoms with van der Waals surface area (Å²) in [5, 5.41) is 1.62. The second-order valence-electron chi connectivity index (χ2n) is 3.38. The highest BCUT2D eigenvalue weighted by atomic mass is 16.7. The highest BCUT2D eigenvalue weighted by molar-refractivity contribution is 5.73. The second-order valence-corrected chi connectivity index (χ2v) is 3.38. The first-order chi connectivity index (χ1) is 7.31. The first-order valence-electron chi connectivity index (χ1n) is 4.86. The molecule has 80 valence electrons. The third-order valence-corrected chi connectivity index (χ3v) is 2.32. The molecular formula is C11H13NO3. The quantitative estimate of drug-likeness (QED) is 0.745. The van der Waals surface area contributed by atoms with Gasteiger partial charge in [0, 0.05) is 7.11 Å². The van der Waals surface area contributed by atoms with Crippen molar-refractivity contribution >= 4 is 11.7 Å². The zero-order valence-electron chi connectivity index (χ0n) is 8.60. The molecule has 0 unspecified atom stereocenters. The molecule has 0 spiro atoms. The van der Waals surface area contributed by atoms with Crippen molar-refractivity contribution in [1.82, 2.24) is 0 Å². The Hall–Kier alpha value is -1.55. The zero-order chi connectivity index (χ0) is 10.7. The van der Waals surface area contributed by atoms with Crippen LogP contribution in [0.2, 0.25) is 0 Å². The SMILES string of the molecule is COCC(=O)ON1CCc2ccccc21. The highest BCUT2D eigenvalue weighted by Gasteiger charge is 2.21. The Kier molecular flexibility index (Phi) is 2.87. The second kappa shape index (κ2) is 4.31. The number of anilines is 1. The molecule has 0 aromatic heterocycles. The Morgan fingerprint density at radius 1 is 1.47 bits per heavy atom. The number of hydrogen-bond donors (Lipinski definition) is 0. The van der Waals surface area contributed by atoms with E-state index in [9.17, 15) is 4.79 Å². The zero-order valence-corrected chi connectivity index (χ0v) is 8.60. The van der Waals surface area contributed by atoms with Gasteiger partial charge in [0.25, 0.3) is 0 Å². The Morgan fingerprint density at radius 2 is 2.27 bits per heavy atom. The van der Waals surface area contributed by atoms with Crippen molar-refractivity contribution in [2.45, 2.75) is 6.42 Å². The molecule has 15 heavy (non-hydrogen) atoms. The van der Waals surface area contributed by atoms with E-state index in [2.05, 4.69) is 0 Å². The van der Waals surface area contributed by atoms with Crippen molar-refractivity contribution in [1.29, 1.82) is 0 Å². The topological polar surface area (TPSA) is 38.8 Å². The lowest BCUT2D eigenvalue weighted by Crippen LogP contribution is -2.27. The van der Waals surface area contributed by atoms with Crippen molar-refractivity contribution in [3.8, 4) is 0 Å². The molecule has 0 N–H and O–H groups in total. The molecule has 0 bridgehead atoms. The molecule has 4 nitrogen and oxygen atoms in total. The van der Waals surface area contributed by atoms with Crippen LogP contribution in [-0.4, -0.2) is 26.2 Å². The Morgan fingerprint density at radius 3 is 3.07 bits per heavy atom. The van der Waals surface area contributed by atoms with Gasteiger partial charge in [0.15, 0.2) is 0 Å². The lowest BCUT2D eigenvalue weighted by molar-refractivity contribution is -0.149. The summed E-state index contributed by atoms with van der Waals surface area (Å²) in [4.78, 5) is 16.4. The number of fused-ring (bicyclic) bond motifs is 1. The summed E-state index contributed by atoms with van der Waals surface area (Å²) in [6.45, 7) is 0.702. The summed E-state index contributed by atoms with van der Waals surface area (Å²) < 4.78 is 4.70. The predicted molar refractivity (Wildman–Crippen MR) is 55.5 cm³/mol. The summed E-state index contributed by atoms with van der Waals surface area (Å²) in [5.41, 5.74) is 2.18. The van der Waals surface area contributed by atoms with Crippen LogP contribution >= 0.6 is 0 Å². The minimum Gasteiger partial charge on any atom is -0.373 e. The molecular weight excluding hydrogens is 194 g/mol. The van der Waals surface area contributed by atoms with Crippen LogP contribution < -0.4 is 5.06 Å². The van der Waals surface area contributed by atoms with Gasteiger partial charge in [-0.3, -0.25) is 0 Å². The average Bonchev–Trinajstić information content (AvgIpc) is 2.62. The fraction of sp³-hybridized carbons (Fsp3) is 0.364. The van der Waals surface area contributed by atoms with Crippen LogP contribution in [-0.2, 0) is 20.8 Å². The number of carbonyl (C=O) groups excluding carboxylic acids is 1. The van der Waals surface area contributed by atoms with Crippen LogP contribution in [0.1, 0.15) is 5.56 Å². The molecule has 0 saturated heterocycles. The lowest BCUT2D eigenvalue weighted by Gasteiger charge is -2.17. The third-order valence-electron chi connectivity index (χ3n) is 2.32. The van der Waals surface area contributed by atoms with Crippen molar-refractivity contribution in [2.24, 2.45) is 0 Å². The number of nitrogens with zero attached hydrogens (tertiary/aromatic N) is 1. The third kappa shape index (κ3) is 2.10. The van der Waals surface area contributed by atoms with E-state index in [1.807, 2.05) is 24.3 Å². The standard InChI is InChI=1S/C11H13NO3/c1-14-8-11(13)15-12-7-6-9-4-2-3-5-10(9)12/h2-5H,6-8H2,1H3. The molecule has 1 aliphatic rings. The van der Waals surface area contributed by atoms with Gasteiger partial charge < -0.3 is 9.57 Å². The van der Waals surface area contributed by atoms with E-state index in [1.54, 1.807) is 5.06 Å². The maximum atomic E-state index is 11.2. The Balaban J connectivity index is 2.04. The van der Waals surface area contributed by atoms with E-state index in [1.165, 1.54) is 12.7 Å². The number of carbonyl (C=O) groups is 1. The largest absolute Gasteiger partial charge is 0.373 e. The van der Waals surface area contributed by atoms with Crippen LogP contribution in [0.3, 0.4) is 0 Å². The van der Waals surface area contributed by atoms with Gasteiger partial charge in [-0.2, -0.15) is 0 Å². The van der Waals surface area contributed by atoms with E-state index in [-0.39, 0.29) is 12.6 Å². The maximum Gasteiger partial charge on any atom is 0.357 e. The van der Waals surface area contributed by atoms with Gasteiger partial charge >= 0.3 is 5.97 Å². The summed E-state index contributed by atoms with van der Waals surface area (Å²) in [6.07, 6.45) is 0.913. The monoisotopic (exact) mass is 207 g/mol. The van der Waals surface area contributed by atoms with E-state index >= 15 is 0 Å². The van der Waals surface area contributed by atoms with Crippen molar-refractivity contribution in [3.63, 3.8) is 0 Å². The van der Waals surface area contributed by atoms with E-state index < -0.39 is 0 Å². The molecule has 1 aromatic rings. The number of ether oxygens (including phenoxy) is 1. The van der Waals surface area contributed by atoms with Crippen LogP contribution in [0.4, 0.5) is 5.69 Å². The fourth-order valence-corrected chi connectivity index (χ4v) is 1.67. The summed E-state index contributed by atoms with van der Waals surface area (Å²) in [7, 11) is 1.47. The first-order valence-corrected chi connectivity index (χ1v) is 4.86. The van der Waals surface area contributed by atoms with Crippen LogP contribution in [0.5, 0.6) is 0 Å². The molecule has 1 aromatic carbocycles. The number of rotatable bonds is 3. The maximum absolute atomic E-state index is 11.2. The van der Waals surface area contributed by atoms with Gasteiger partial charge in [-0.05, 0) is 18.1 Å². The molecule has 0 saturated carbocycles.